The van der Waals surface area contributed by atoms with Crippen LogP contribution in [0.2, 0.25) is 0 Å². The van der Waals surface area contributed by atoms with Gasteiger partial charge in [0.05, 0.1) is 12.1 Å². The second-order valence-electron chi connectivity index (χ2n) is 2.93. The molecule has 1 aromatic carbocycles. The number of anilines is 1. The van der Waals surface area contributed by atoms with Gasteiger partial charge in [-0.15, -0.1) is 0 Å². The molecule has 1 aromatic rings. The number of nitrogens with zero attached hydrogens (tertiary/aromatic N) is 1. The third-order valence-corrected chi connectivity index (χ3v) is 1.64. The largest absolute Gasteiger partial charge is 0.411 e. The molecule has 1 rings (SSSR count). The molecule has 74 valence electrons. The van der Waals surface area contributed by atoms with E-state index >= 15 is 0 Å². The molecule has 1 amide bonds. The second kappa shape index (κ2) is 5.01. The van der Waals surface area contributed by atoms with Crippen LogP contribution in [0.5, 0.6) is 0 Å². The summed E-state index contributed by atoms with van der Waals surface area (Å²) in [5, 5.41) is 14.0. The Kier molecular flexibility index (Phi) is 3.67. The van der Waals surface area contributed by atoms with Crippen molar-refractivity contribution in [3.63, 3.8) is 0 Å². The molecule has 4 heteroatoms. The van der Waals surface area contributed by atoms with Crippen LogP contribution < -0.4 is 5.32 Å². The molecule has 0 heterocycles. The van der Waals surface area contributed by atoms with Crippen molar-refractivity contribution in [3.8, 4) is 0 Å². The smallest absolute Gasteiger partial charge is 0.230 e. The Labute approximate surface area is 82.2 Å². The molecule has 0 aliphatic heterocycles. The number of hydrogen-bond acceptors (Lipinski definition) is 3. The summed E-state index contributed by atoms with van der Waals surface area (Å²) in [7, 11) is 0. The number of nitrogens with one attached hydrogen (secondary N) is 1. The molecule has 0 unspecified atom stereocenters. The highest BCUT2D eigenvalue weighted by atomic mass is 16.4. The van der Waals surface area contributed by atoms with Gasteiger partial charge in [0.15, 0.2) is 0 Å². The fourth-order valence-electron chi connectivity index (χ4n) is 0.994. The predicted octanol–water partition coefficient (Wildman–Crippen LogP) is 1.87. The molecule has 0 saturated carbocycles. The molecule has 2 N–H and O–H groups in total. The topological polar surface area (TPSA) is 61.7 Å². The second-order valence-corrected chi connectivity index (χ2v) is 2.93. The van der Waals surface area contributed by atoms with E-state index in [2.05, 4.69) is 10.5 Å². The van der Waals surface area contributed by atoms with E-state index < -0.39 is 0 Å². The SMILES string of the molecule is CC(CC(=O)Nc1ccccc1)=NO. The van der Waals surface area contributed by atoms with Crippen LogP contribution >= 0.6 is 0 Å². The van der Waals surface area contributed by atoms with Crippen molar-refractivity contribution in [3.05, 3.63) is 30.3 Å². The standard InChI is InChI=1S/C10H12N2O2/c1-8(12-14)7-10(13)11-9-5-3-2-4-6-9/h2-6,14H,7H2,1H3,(H,11,13). The van der Waals surface area contributed by atoms with Crippen molar-refractivity contribution < 1.29 is 10.0 Å². The lowest BCUT2D eigenvalue weighted by atomic mass is 10.2. The van der Waals surface area contributed by atoms with Crippen LogP contribution in [0.3, 0.4) is 0 Å². The first-order valence-corrected chi connectivity index (χ1v) is 4.25. The van der Waals surface area contributed by atoms with Crippen LogP contribution in [0.4, 0.5) is 5.69 Å². The Morgan fingerprint density at radius 1 is 1.43 bits per heavy atom. The molecule has 0 saturated heterocycles. The highest BCUT2D eigenvalue weighted by Gasteiger charge is 2.03. The molecular weight excluding hydrogens is 180 g/mol. The third-order valence-electron chi connectivity index (χ3n) is 1.64. The molecule has 0 aliphatic carbocycles. The first-order valence-electron chi connectivity index (χ1n) is 4.25. The molecule has 0 bridgehead atoms. The van der Waals surface area contributed by atoms with E-state index in [4.69, 9.17) is 5.21 Å². The molecule has 0 radical (unpaired) electrons. The lowest BCUT2D eigenvalue weighted by Gasteiger charge is -2.03. The van der Waals surface area contributed by atoms with Gasteiger partial charge in [-0.2, -0.15) is 0 Å². The predicted molar refractivity (Wildman–Crippen MR) is 54.6 cm³/mol. The Morgan fingerprint density at radius 3 is 2.64 bits per heavy atom. The van der Waals surface area contributed by atoms with E-state index in [9.17, 15) is 4.79 Å². The van der Waals surface area contributed by atoms with Crippen molar-refractivity contribution in [2.75, 3.05) is 5.32 Å². The molecule has 0 aliphatic rings. The highest BCUT2D eigenvalue weighted by molar-refractivity contribution is 6.05. The van der Waals surface area contributed by atoms with Gasteiger partial charge in [0.25, 0.3) is 0 Å². The minimum absolute atomic E-state index is 0.103. The minimum Gasteiger partial charge on any atom is -0.411 e. The van der Waals surface area contributed by atoms with Gasteiger partial charge in [-0.3, -0.25) is 4.79 Å². The monoisotopic (exact) mass is 192 g/mol. The maximum Gasteiger partial charge on any atom is 0.230 e. The lowest BCUT2D eigenvalue weighted by Crippen LogP contribution is -2.14. The third kappa shape index (κ3) is 3.26. The van der Waals surface area contributed by atoms with Crippen LogP contribution in [0.1, 0.15) is 13.3 Å². The summed E-state index contributed by atoms with van der Waals surface area (Å²) in [6, 6.07) is 9.13. The average Bonchev–Trinajstić information content (AvgIpc) is 2.19. The van der Waals surface area contributed by atoms with Crippen LogP contribution in [0.15, 0.2) is 35.5 Å². The number of rotatable bonds is 3. The molecule has 0 aromatic heterocycles. The molecular formula is C10H12N2O2. The fourth-order valence-corrected chi connectivity index (χ4v) is 0.994. The Hall–Kier alpha value is -1.84. The maximum absolute atomic E-state index is 11.3. The number of hydrogen-bond donors (Lipinski definition) is 2. The summed E-state index contributed by atoms with van der Waals surface area (Å²) in [5.74, 6) is -0.188. The molecule has 14 heavy (non-hydrogen) atoms. The molecule has 0 spiro atoms. The molecule has 4 nitrogen and oxygen atoms in total. The van der Waals surface area contributed by atoms with Crippen LogP contribution in [-0.4, -0.2) is 16.8 Å². The van der Waals surface area contributed by atoms with Gasteiger partial charge >= 0.3 is 0 Å². The van der Waals surface area contributed by atoms with Gasteiger partial charge in [0.1, 0.15) is 0 Å². The zero-order chi connectivity index (χ0) is 10.4. The summed E-state index contributed by atoms with van der Waals surface area (Å²) in [6.07, 6.45) is 0.103. The number of benzene rings is 1. The summed E-state index contributed by atoms with van der Waals surface area (Å²) < 4.78 is 0. The number of amides is 1. The lowest BCUT2D eigenvalue weighted by molar-refractivity contribution is -0.115. The molecule has 0 atom stereocenters. The fraction of sp³-hybridized carbons (Fsp3) is 0.200. The van der Waals surface area contributed by atoms with Crippen molar-refractivity contribution >= 4 is 17.3 Å². The number of oxime groups is 1. The summed E-state index contributed by atoms with van der Waals surface area (Å²) >= 11 is 0. The Bertz CT molecular complexity index is 333. The van der Waals surface area contributed by atoms with Gasteiger partial charge in [-0.1, -0.05) is 23.4 Å². The number of carbonyl (C=O) groups is 1. The quantitative estimate of drug-likeness (QED) is 0.436. The summed E-state index contributed by atoms with van der Waals surface area (Å²) in [6.45, 7) is 1.59. The maximum atomic E-state index is 11.3. The van der Waals surface area contributed by atoms with Crippen molar-refractivity contribution in [1.29, 1.82) is 0 Å². The molecule has 0 fully saturated rings. The van der Waals surface area contributed by atoms with Gasteiger partial charge in [0.2, 0.25) is 5.91 Å². The highest BCUT2D eigenvalue weighted by Crippen LogP contribution is 2.05. The first-order chi connectivity index (χ1) is 6.72. The van der Waals surface area contributed by atoms with Gasteiger partial charge in [-0.05, 0) is 19.1 Å². The van der Waals surface area contributed by atoms with Gasteiger partial charge < -0.3 is 10.5 Å². The van der Waals surface area contributed by atoms with E-state index in [1.165, 1.54) is 0 Å². The Balaban J connectivity index is 2.50. The van der Waals surface area contributed by atoms with E-state index in [0.717, 1.165) is 5.69 Å². The van der Waals surface area contributed by atoms with E-state index in [1.807, 2.05) is 18.2 Å². The van der Waals surface area contributed by atoms with Crippen molar-refractivity contribution in [2.24, 2.45) is 5.16 Å². The zero-order valence-corrected chi connectivity index (χ0v) is 7.90. The average molecular weight is 192 g/mol. The number of para-hydroxylation sites is 1. The minimum atomic E-state index is -0.188. The van der Waals surface area contributed by atoms with Gasteiger partial charge in [-0.25, -0.2) is 0 Å². The van der Waals surface area contributed by atoms with Crippen LogP contribution in [0, 0.1) is 0 Å². The number of carbonyl (C=O) groups excluding carboxylic acids is 1. The van der Waals surface area contributed by atoms with Crippen molar-refractivity contribution in [1.82, 2.24) is 0 Å². The first kappa shape index (κ1) is 10.2. The van der Waals surface area contributed by atoms with Crippen molar-refractivity contribution in [2.45, 2.75) is 13.3 Å². The van der Waals surface area contributed by atoms with E-state index in [1.54, 1.807) is 19.1 Å². The van der Waals surface area contributed by atoms with E-state index in [0.29, 0.717) is 5.71 Å². The zero-order valence-electron chi connectivity index (χ0n) is 7.90. The normalized spacial score (nSPS) is 11.1. The van der Waals surface area contributed by atoms with Crippen LogP contribution in [-0.2, 0) is 4.79 Å². The van der Waals surface area contributed by atoms with Gasteiger partial charge in [0, 0.05) is 5.69 Å². The van der Waals surface area contributed by atoms with E-state index in [-0.39, 0.29) is 12.3 Å². The summed E-state index contributed by atoms with van der Waals surface area (Å²) in [5.41, 5.74) is 1.13. The summed E-state index contributed by atoms with van der Waals surface area (Å²) in [4.78, 5) is 11.3. The van der Waals surface area contributed by atoms with Crippen LogP contribution in [0.25, 0.3) is 0 Å². The Morgan fingerprint density at radius 2 is 2.07 bits per heavy atom.